The van der Waals surface area contributed by atoms with E-state index in [4.69, 9.17) is 5.73 Å². The van der Waals surface area contributed by atoms with Crippen LogP contribution in [0.5, 0.6) is 0 Å². The fourth-order valence-corrected chi connectivity index (χ4v) is 2.39. The molecule has 1 unspecified atom stereocenters. The van der Waals surface area contributed by atoms with Gasteiger partial charge in [0.05, 0.1) is 11.0 Å². The van der Waals surface area contributed by atoms with Crippen LogP contribution in [0.2, 0.25) is 0 Å². The number of hydrogen-bond donors (Lipinski definition) is 3. The van der Waals surface area contributed by atoms with Crippen LogP contribution in [-0.2, 0) is 0 Å². The molecule has 4 nitrogen and oxygen atoms in total. The molecule has 0 saturated carbocycles. The van der Waals surface area contributed by atoms with Crippen molar-refractivity contribution in [3.05, 3.63) is 53.6 Å². The summed E-state index contributed by atoms with van der Waals surface area (Å²) >= 11 is 0. The highest BCUT2D eigenvalue weighted by molar-refractivity contribution is 5.76. The minimum absolute atomic E-state index is 0.226. The zero-order valence-electron chi connectivity index (χ0n) is 10.3. The number of benzene rings is 1. The number of aromatic amines is 2. The molecule has 4 N–H and O–H groups in total. The van der Waals surface area contributed by atoms with Gasteiger partial charge in [-0.05, 0) is 36.2 Å². The van der Waals surface area contributed by atoms with Crippen molar-refractivity contribution in [1.29, 1.82) is 0 Å². The Labute approximate surface area is 105 Å². The number of aromatic nitrogens is 3. The van der Waals surface area contributed by atoms with E-state index in [0.29, 0.717) is 6.54 Å². The van der Waals surface area contributed by atoms with E-state index in [2.05, 4.69) is 33.2 Å². The van der Waals surface area contributed by atoms with Crippen LogP contribution in [0.4, 0.5) is 0 Å². The van der Waals surface area contributed by atoms with E-state index in [-0.39, 0.29) is 5.92 Å². The van der Waals surface area contributed by atoms with Gasteiger partial charge < -0.3 is 15.7 Å². The number of rotatable bonds is 3. The molecule has 1 atom stereocenters. The summed E-state index contributed by atoms with van der Waals surface area (Å²) < 4.78 is 0. The molecule has 0 aliphatic carbocycles. The minimum atomic E-state index is 0.226. The Hall–Kier alpha value is -2.07. The number of aryl methyl sites for hydroxylation is 1. The van der Waals surface area contributed by atoms with E-state index in [1.165, 1.54) is 11.1 Å². The predicted molar refractivity (Wildman–Crippen MR) is 72.5 cm³/mol. The molecular formula is C14H16N4. The molecule has 2 aromatic heterocycles. The van der Waals surface area contributed by atoms with E-state index in [9.17, 15) is 0 Å². The Morgan fingerprint density at radius 2 is 2.17 bits per heavy atom. The van der Waals surface area contributed by atoms with Crippen molar-refractivity contribution in [3.8, 4) is 0 Å². The van der Waals surface area contributed by atoms with Crippen LogP contribution in [0.15, 0.2) is 36.7 Å². The van der Waals surface area contributed by atoms with Crippen molar-refractivity contribution in [2.45, 2.75) is 12.8 Å². The van der Waals surface area contributed by atoms with Gasteiger partial charge in [-0.3, -0.25) is 0 Å². The van der Waals surface area contributed by atoms with Gasteiger partial charge in [0, 0.05) is 24.9 Å². The SMILES string of the molecule is Cc1nc2ccc(C(CN)c3cc[nH]c3)cc2[nH]1. The second-order valence-electron chi connectivity index (χ2n) is 4.53. The van der Waals surface area contributed by atoms with Crippen LogP contribution in [0.25, 0.3) is 11.0 Å². The predicted octanol–water partition coefficient (Wildman–Crippen LogP) is 2.29. The zero-order valence-corrected chi connectivity index (χ0v) is 10.3. The topological polar surface area (TPSA) is 70.5 Å². The second-order valence-corrected chi connectivity index (χ2v) is 4.53. The summed E-state index contributed by atoms with van der Waals surface area (Å²) in [7, 11) is 0. The van der Waals surface area contributed by atoms with Crippen molar-refractivity contribution < 1.29 is 0 Å². The van der Waals surface area contributed by atoms with Crippen LogP contribution in [0.3, 0.4) is 0 Å². The highest BCUT2D eigenvalue weighted by Gasteiger charge is 2.13. The van der Waals surface area contributed by atoms with Gasteiger partial charge in [0.2, 0.25) is 0 Å². The maximum atomic E-state index is 5.91. The monoisotopic (exact) mass is 240 g/mol. The smallest absolute Gasteiger partial charge is 0.104 e. The lowest BCUT2D eigenvalue weighted by Crippen LogP contribution is -2.13. The van der Waals surface area contributed by atoms with Gasteiger partial charge in [-0.2, -0.15) is 0 Å². The maximum absolute atomic E-state index is 5.91. The van der Waals surface area contributed by atoms with E-state index in [0.717, 1.165) is 16.9 Å². The summed E-state index contributed by atoms with van der Waals surface area (Å²) in [6, 6.07) is 8.36. The summed E-state index contributed by atoms with van der Waals surface area (Å²) in [6.07, 6.45) is 3.93. The quantitative estimate of drug-likeness (QED) is 0.657. The number of fused-ring (bicyclic) bond motifs is 1. The van der Waals surface area contributed by atoms with Crippen molar-refractivity contribution in [1.82, 2.24) is 15.0 Å². The van der Waals surface area contributed by atoms with Gasteiger partial charge in [0.15, 0.2) is 0 Å². The molecule has 3 aromatic rings. The Balaban J connectivity index is 2.07. The summed E-state index contributed by atoms with van der Waals surface area (Å²) in [5, 5.41) is 0. The normalized spacial score (nSPS) is 13.0. The van der Waals surface area contributed by atoms with Gasteiger partial charge in [-0.15, -0.1) is 0 Å². The van der Waals surface area contributed by atoms with Crippen LogP contribution < -0.4 is 5.73 Å². The average molecular weight is 240 g/mol. The van der Waals surface area contributed by atoms with Gasteiger partial charge in [-0.1, -0.05) is 6.07 Å². The summed E-state index contributed by atoms with van der Waals surface area (Å²) in [5.74, 6) is 1.16. The van der Waals surface area contributed by atoms with Crippen LogP contribution in [0.1, 0.15) is 22.9 Å². The third-order valence-electron chi connectivity index (χ3n) is 3.29. The highest BCUT2D eigenvalue weighted by atomic mass is 14.9. The molecule has 0 radical (unpaired) electrons. The maximum Gasteiger partial charge on any atom is 0.104 e. The van der Waals surface area contributed by atoms with Gasteiger partial charge in [0.25, 0.3) is 0 Å². The lowest BCUT2D eigenvalue weighted by atomic mass is 9.93. The highest BCUT2D eigenvalue weighted by Crippen LogP contribution is 2.25. The molecule has 0 saturated heterocycles. The molecule has 0 aliphatic heterocycles. The van der Waals surface area contributed by atoms with Gasteiger partial charge in [0.1, 0.15) is 5.82 Å². The second kappa shape index (κ2) is 4.31. The first-order valence-electron chi connectivity index (χ1n) is 6.07. The van der Waals surface area contributed by atoms with Crippen molar-refractivity contribution in [3.63, 3.8) is 0 Å². The molecule has 4 heteroatoms. The third-order valence-corrected chi connectivity index (χ3v) is 3.29. The fourth-order valence-electron chi connectivity index (χ4n) is 2.39. The molecule has 3 rings (SSSR count). The first-order chi connectivity index (χ1) is 8.78. The number of H-pyrrole nitrogens is 2. The summed E-state index contributed by atoms with van der Waals surface area (Å²) in [6.45, 7) is 2.56. The van der Waals surface area contributed by atoms with Crippen molar-refractivity contribution in [2.75, 3.05) is 6.54 Å². The van der Waals surface area contributed by atoms with E-state index >= 15 is 0 Å². The molecule has 18 heavy (non-hydrogen) atoms. The molecule has 0 fully saturated rings. The molecular weight excluding hydrogens is 224 g/mol. The molecule has 92 valence electrons. The zero-order chi connectivity index (χ0) is 12.5. The summed E-state index contributed by atoms with van der Waals surface area (Å²) in [4.78, 5) is 10.8. The van der Waals surface area contributed by atoms with Crippen molar-refractivity contribution >= 4 is 11.0 Å². The lowest BCUT2D eigenvalue weighted by Gasteiger charge is -2.13. The molecule has 1 aromatic carbocycles. The Bertz CT molecular complexity index is 652. The standard InChI is InChI=1S/C14H16N4/c1-9-17-13-3-2-10(6-14(13)18-9)12(7-15)11-4-5-16-8-11/h2-6,8,12,16H,7,15H2,1H3,(H,17,18). The first-order valence-corrected chi connectivity index (χ1v) is 6.07. The van der Waals surface area contributed by atoms with Crippen LogP contribution in [0, 0.1) is 6.92 Å². The summed E-state index contributed by atoms with van der Waals surface area (Å²) in [5.41, 5.74) is 10.4. The molecule has 0 spiro atoms. The largest absolute Gasteiger partial charge is 0.367 e. The minimum Gasteiger partial charge on any atom is -0.367 e. The van der Waals surface area contributed by atoms with E-state index in [1.807, 2.05) is 25.4 Å². The average Bonchev–Trinajstić information content (AvgIpc) is 2.97. The third kappa shape index (κ3) is 1.80. The van der Waals surface area contributed by atoms with Crippen LogP contribution in [-0.4, -0.2) is 21.5 Å². The molecule has 0 bridgehead atoms. The number of nitrogens with zero attached hydrogens (tertiary/aromatic N) is 1. The molecule has 0 amide bonds. The molecule has 0 aliphatic rings. The fraction of sp³-hybridized carbons (Fsp3) is 0.214. The lowest BCUT2D eigenvalue weighted by molar-refractivity contribution is 0.821. The Morgan fingerprint density at radius 3 is 2.89 bits per heavy atom. The molecule has 2 heterocycles. The van der Waals surface area contributed by atoms with Gasteiger partial charge in [-0.25, -0.2) is 4.98 Å². The number of nitrogens with one attached hydrogen (secondary N) is 2. The Morgan fingerprint density at radius 1 is 1.28 bits per heavy atom. The van der Waals surface area contributed by atoms with E-state index in [1.54, 1.807) is 0 Å². The number of hydrogen-bond acceptors (Lipinski definition) is 2. The number of imidazole rings is 1. The Kier molecular flexibility index (Phi) is 2.64. The van der Waals surface area contributed by atoms with Crippen LogP contribution >= 0.6 is 0 Å². The van der Waals surface area contributed by atoms with Gasteiger partial charge >= 0.3 is 0 Å². The number of nitrogens with two attached hydrogens (primary N) is 1. The van der Waals surface area contributed by atoms with Crippen molar-refractivity contribution in [2.24, 2.45) is 5.73 Å². The first kappa shape index (κ1) is 11.0. The van der Waals surface area contributed by atoms with E-state index < -0.39 is 0 Å².